The zero-order valence-electron chi connectivity index (χ0n) is 18.4. The maximum Gasteiger partial charge on any atom is 0.338 e. The summed E-state index contributed by atoms with van der Waals surface area (Å²) in [7, 11) is 1.50. The monoisotopic (exact) mass is 478 g/mol. The predicted molar refractivity (Wildman–Crippen MR) is 126 cm³/mol. The first-order chi connectivity index (χ1) is 16.5. The van der Waals surface area contributed by atoms with Crippen molar-refractivity contribution in [2.75, 3.05) is 18.6 Å². The highest BCUT2D eigenvalue weighted by Crippen LogP contribution is 2.24. The standard InChI is InChI=1S/C25H22N2O6S/c1-32-19-5-2-4-17(12-19)22(28)15-33-25(31)16-7-9-18(10-8-16)27-23(29)13-21(24(27)30)26-14-20-6-3-11-34-20/h2-12,21,26H,13-15H2,1H3. The molecule has 174 valence electrons. The number of thiophene rings is 1. The number of rotatable bonds is 9. The van der Waals surface area contributed by atoms with Crippen LogP contribution in [0.4, 0.5) is 5.69 Å². The van der Waals surface area contributed by atoms with E-state index < -0.39 is 18.6 Å². The third-order valence-corrected chi connectivity index (χ3v) is 6.21. The van der Waals surface area contributed by atoms with Gasteiger partial charge in [-0.15, -0.1) is 11.3 Å². The van der Waals surface area contributed by atoms with Crippen LogP contribution in [0.25, 0.3) is 0 Å². The van der Waals surface area contributed by atoms with E-state index in [0.29, 0.717) is 23.5 Å². The van der Waals surface area contributed by atoms with Crippen LogP contribution in [0.3, 0.4) is 0 Å². The lowest BCUT2D eigenvalue weighted by Gasteiger charge is -2.16. The first kappa shape index (κ1) is 23.3. The topological polar surface area (TPSA) is 102 Å². The highest BCUT2D eigenvalue weighted by Gasteiger charge is 2.39. The average molecular weight is 479 g/mol. The molecule has 1 aromatic heterocycles. The van der Waals surface area contributed by atoms with E-state index in [2.05, 4.69) is 5.32 Å². The van der Waals surface area contributed by atoms with Crippen LogP contribution in [0.15, 0.2) is 66.0 Å². The molecule has 0 bridgehead atoms. The molecule has 34 heavy (non-hydrogen) atoms. The molecule has 0 aliphatic carbocycles. The number of anilines is 1. The number of ether oxygens (including phenoxy) is 2. The number of ketones is 1. The number of carbonyl (C=O) groups excluding carboxylic acids is 4. The molecule has 1 aliphatic heterocycles. The molecule has 0 spiro atoms. The second-order valence-electron chi connectivity index (χ2n) is 7.56. The van der Waals surface area contributed by atoms with E-state index in [4.69, 9.17) is 9.47 Å². The summed E-state index contributed by atoms with van der Waals surface area (Å²) in [6.07, 6.45) is 0.0698. The Morgan fingerprint density at radius 1 is 1.06 bits per heavy atom. The Morgan fingerprint density at radius 2 is 1.85 bits per heavy atom. The van der Waals surface area contributed by atoms with Crippen molar-refractivity contribution < 1.29 is 28.7 Å². The van der Waals surface area contributed by atoms with Crippen LogP contribution in [-0.4, -0.2) is 43.3 Å². The molecule has 2 aromatic carbocycles. The van der Waals surface area contributed by atoms with Gasteiger partial charge in [0.15, 0.2) is 12.4 Å². The van der Waals surface area contributed by atoms with Crippen molar-refractivity contribution in [2.24, 2.45) is 0 Å². The Labute approximate surface area is 200 Å². The minimum atomic E-state index is -0.683. The van der Waals surface area contributed by atoms with E-state index in [9.17, 15) is 19.2 Å². The summed E-state index contributed by atoms with van der Waals surface area (Å²) in [5, 5.41) is 5.08. The van der Waals surface area contributed by atoms with Gasteiger partial charge in [0.05, 0.1) is 30.8 Å². The molecule has 3 aromatic rings. The molecule has 1 aliphatic rings. The Bertz CT molecular complexity index is 1210. The van der Waals surface area contributed by atoms with E-state index in [0.717, 1.165) is 9.78 Å². The minimum Gasteiger partial charge on any atom is -0.497 e. The van der Waals surface area contributed by atoms with Crippen LogP contribution in [0.1, 0.15) is 32.0 Å². The van der Waals surface area contributed by atoms with Gasteiger partial charge in [-0.1, -0.05) is 18.2 Å². The third-order valence-electron chi connectivity index (χ3n) is 5.34. The van der Waals surface area contributed by atoms with E-state index in [1.54, 1.807) is 35.6 Å². The number of carbonyl (C=O) groups is 4. The Balaban J connectivity index is 1.34. The van der Waals surface area contributed by atoms with Gasteiger partial charge >= 0.3 is 5.97 Å². The van der Waals surface area contributed by atoms with Crippen molar-refractivity contribution in [2.45, 2.75) is 19.0 Å². The van der Waals surface area contributed by atoms with Crippen LogP contribution < -0.4 is 15.0 Å². The minimum absolute atomic E-state index is 0.0698. The summed E-state index contributed by atoms with van der Waals surface area (Å²) < 4.78 is 10.2. The molecule has 1 N–H and O–H groups in total. The SMILES string of the molecule is COc1cccc(C(=O)COC(=O)c2ccc(N3C(=O)CC(NCc4cccs4)C3=O)cc2)c1. The smallest absolute Gasteiger partial charge is 0.338 e. The Hall–Kier alpha value is -3.82. The number of amides is 2. The molecule has 2 heterocycles. The maximum atomic E-state index is 12.8. The molecule has 0 radical (unpaired) electrons. The van der Waals surface area contributed by atoms with Gasteiger partial charge in [-0.2, -0.15) is 0 Å². The lowest BCUT2D eigenvalue weighted by atomic mass is 10.1. The van der Waals surface area contributed by atoms with Gasteiger partial charge < -0.3 is 14.8 Å². The molecule has 2 amide bonds. The number of benzene rings is 2. The molecule has 1 atom stereocenters. The largest absolute Gasteiger partial charge is 0.497 e. The van der Waals surface area contributed by atoms with Gasteiger partial charge in [0, 0.05) is 17.0 Å². The highest BCUT2D eigenvalue weighted by atomic mass is 32.1. The second-order valence-corrected chi connectivity index (χ2v) is 8.59. The molecule has 1 unspecified atom stereocenters. The van der Waals surface area contributed by atoms with Gasteiger partial charge in [0.1, 0.15) is 5.75 Å². The van der Waals surface area contributed by atoms with Gasteiger partial charge in [0.25, 0.3) is 5.91 Å². The Kier molecular flexibility index (Phi) is 7.15. The molecular formula is C25H22N2O6S. The first-order valence-electron chi connectivity index (χ1n) is 10.5. The zero-order chi connectivity index (χ0) is 24.1. The fraction of sp³-hybridized carbons (Fsp3) is 0.200. The fourth-order valence-corrected chi connectivity index (χ4v) is 4.20. The van der Waals surface area contributed by atoms with Crippen molar-refractivity contribution in [3.05, 3.63) is 82.0 Å². The zero-order valence-corrected chi connectivity index (χ0v) is 19.2. The summed E-state index contributed by atoms with van der Waals surface area (Å²) in [6.45, 7) is 0.0862. The summed E-state index contributed by atoms with van der Waals surface area (Å²) in [4.78, 5) is 52.1. The van der Waals surface area contributed by atoms with Crippen LogP contribution in [-0.2, 0) is 20.9 Å². The molecule has 1 fully saturated rings. The summed E-state index contributed by atoms with van der Waals surface area (Å²) in [5.41, 5.74) is 0.948. The summed E-state index contributed by atoms with van der Waals surface area (Å²) >= 11 is 1.57. The van der Waals surface area contributed by atoms with Gasteiger partial charge in [-0.25, -0.2) is 9.69 Å². The van der Waals surface area contributed by atoms with Crippen LogP contribution in [0, 0.1) is 0 Å². The third kappa shape index (κ3) is 5.22. The second kappa shape index (κ2) is 10.4. The molecule has 1 saturated heterocycles. The number of imide groups is 1. The van der Waals surface area contributed by atoms with E-state index in [1.165, 1.54) is 31.4 Å². The number of nitrogens with zero attached hydrogens (tertiary/aromatic N) is 1. The van der Waals surface area contributed by atoms with Crippen molar-refractivity contribution in [3.63, 3.8) is 0 Å². The number of esters is 1. The van der Waals surface area contributed by atoms with Crippen LogP contribution >= 0.6 is 11.3 Å². The quantitative estimate of drug-likeness (QED) is 0.286. The predicted octanol–water partition coefficient (Wildman–Crippen LogP) is 3.22. The molecule has 9 heteroatoms. The van der Waals surface area contributed by atoms with Crippen molar-refractivity contribution in [1.29, 1.82) is 0 Å². The average Bonchev–Trinajstić information content (AvgIpc) is 3.48. The van der Waals surface area contributed by atoms with Gasteiger partial charge in [0.2, 0.25) is 5.91 Å². The molecule has 4 rings (SSSR count). The number of Topliss-reactive ketones (excluding diaryl/α,β-unsaturated/α-hetero) is 1. The van der Waals surface area contributed by atoms with E-state index >= 15 is 0 Å². The van der Waals surface area contributed by atoms with Crippen molar-refractivity contribution in [1.82, 2.24) is 5.32 Å². The maximum absolute atomic E-state index is 12.8. The normalized spacial score (nSPS) is 15.4. The molecule has 8 nitrogen and oxygen atoms in total. The van der Waals surface area contributed by atoms with Crippen LogP contribution in [0.2, 0.25) is 0 Å². The molecule has 0 saturated carbocycles. The van der Waals surface area contributed by atoms with Crippen LogP contribution in [0.5, 0.6) is 5.75 Å². The first-order valence-corrected chi connectivity index (χ1v) is 11.4. The summed E-state index contributed by atoms with van der Waals surface area (Å²) in [5.74, 6) is -1.16. The number of methoxy groups -OCH3 is 1. The highest BCUT2D eigenvalue weighted by molar-refractivity contribution is 7.09. The van der Waals surface area contributed by atoms with Gasteiger partial charge in [-0.3, -0.25) is 14.4 Å². The Morgan fingerprint density at radius 3 is 2.56 bits per heavy atom. The van der Waals surface area contributed by atoms with Crippen molar-refractivity contribution in [3.8, 4) is 5.75 Å². The van der Waals surface area contributed by atoms with Gasteiger partial charge in [-0.05, 0) is 47.8 Å². The summed E-state index contributed by atoms with van der Waals surface area (Å²) in [6, 6.07) is 15.8. The number of hydrogen-bond donors (Lipinski definition) is 1. The lowest BCUT2D eigenvalue weighted by molar-refractivity contribution is -0.121. The fourth-order valence-electron chi connectivity index (χ4n) is 3.54. The van der Waals surface area contributed by atoms with E-state index in [-0.39, 0.29) is 29.6 Å². The lowest BCUT2D eigenvalue weighted by Crippen LogP contribution is -2.38. The number of hydrogen-bond acceptors (Lipinski definition) is 8. The van der Waals surface area contributed by atoms with Crippen molar-refractivity contribution >= 4 is 40.6 Å². The number of nitrogens with one attached hydrogen (secondary N) is 1. The molecular weight excluding hydrogens is 456 g/mol. The van der Waals surface area contributed by atoms with E-state index in [1.807, 2.05) is 17.5 Å².